The van der Waals surface area contributed by atoms with Crippen LogP contribution in [-0.2, 0) is 11.3 Å². The topological polar surface area (TPSA) is 80.6 Å². The summed E-state index contributed by atoms with van der Waals surface area (Å²) in [7, 11) is 0. The van der Waals surface area contributed by atoms with Crippen molar-refractivity contribution in [3.8, 4) is 0 Å². The molecule has 3 aromatic rings. The highest BCUT2D eigenvalue weighted by molar-refractivity contribution is 5.76. The molecular weight excluding hydrogens is 346 g/mol. The number of rotatable bonds is 9. The lowest BCUT2D eigenvalue weighted by atomic mass is 10.2. The van der Waals surface area contributed by atoms with Crippen LogP contribution in [0.15, 0.2) is 56.3 Å². The Kier molecular flexibility index (Phi) is 6.13. The van der Waals surface area contributed by atoms with E-state index >= 15 is 0 Å². The van der Waals surface area contributed by atoms with Crippen LogP contribution in [0, 0.1) is 0 Å². The van der Waals surface area contributed by atoms with Gasteiger partial charge in [0.25, 0.3) is 0 Å². The van der Waals surface area contributed by atoms with Gasteiger partial charge in [-0.15, -0.1) is 0 Å². The maximum Gasteiger partial charge on any atom is 0.419 e. The van der Waals surface area contributed by atoms with Gasteiger partial charge in [0.05, 0.1) is 17.8 Å². The number of nitrogens with zero attached hydrogens (tertiary/aromatic N) is 2. The number of aryl methyl sites for hydroxylation is 1. The quantitative estimate of drug-likeness (QED) is 0.626. The first-order valence-electron chi connectivity index (χ1n) is 9.26. The van der Waals surface area contributed by atoms with Crippen LogP contribution in [0.1, 0.15) is 32.1 Å². The van der Waals surface area contributed by atoms with Crippen molar-refractivity contribution in [1.29, 1.82) is 0 Å². The number of carbonyl (C=O) groups excluding carboxylic acids is 1. The molecule has 0 aliphatic carbocycles. The highest BCUT2D eigenvalue weighted by Crippen LogP contribution is 2.20. The maximum atomic E-state index is 12.4. The third kappa shape index (κ3) is 4.31. The van der Waals surface area contributed by atoms with E-state index in [1.54, 1.807) is 12.3 Å². The molecule has 2 aromatic heterocycles. The standard InChI is InChI=1S/C20H25N3O4/c1-3-22(4-2)16(17-10-7-13-26-17)14-21-19(24)11-12-23-15-8-5-6-9-18(15)27-20(23)25/h5-10,13,16H,3-4,11-12,14H2,1-2H3,(H,21,24)/t16-/m1/s1. The van der Waals surface area contributed by atoms with Gasteiger partial charge >= 0.3 is 5.76 Å². The Labute approximate surface area is 157 Å². The van der Waals surface area contributed by atoms with Crippen molar-refractivity contribution in [3.05, 3.63) is 59.0 Å². The Balaban J connectivity index is 1.61. The summed E-state index contributed by atoms with van der Waals surface area (Å²) in [5.41, 5.74) is 1.23. The summed E-state index contributed by atoms with van der Waals surface area (Å²) < 4.78 is 12.2. The molecule has 7 nitrogen and oxygen atoms in total. The molecule has 2 heterocycles. The monoisotopic (exact) mass is 371 g/mol. The number of furan rings is 1. The first-order valence-corrected chi connectivity index (χ1v) is 9.26. The number of likely N-dealkylation sites (N-methyl/N-ethyl adjacent to an activating group) is 1. The molecule has 7 heteroatoms. The summed E-state index contributed by atoms with van der Waals surface area (Å²) in [5, 5.41) is 2.96. The Bertz CT molecular complexity index is 922. The van der Waals surface area contributed by atoms with Gasteiger partial charge in [-0.1, -0.05) is 26.0 Å². The minimum atomic E-state index is -0.444. The number of nitrogens with one attached hydrogen (secondary N) is 1. The van der Waals surface area contributed by atoms with E-state index in [1.165, 1.54) is 4.57 Å². The summed E-state index contributed by atoms with van der Waals surface area (Å²) in [6, 6.07) is 11.0. The molecule has 1 N–H and O–H groups in total. The van der Waals surface area contributed by atoms with Gasteiger partial charge in [0.15, 0.2) is 5.58 Å². The molecule has 0 aliphatic heterocycles. The first-order chi connectivity index (χ1) is 13.1. The minimum absolute atomic E-state index is 0.0172. The zero-order chi connectivity index (χ0) is 19.2. The molecule has 1 atom stereocenters. The molecule has 0 saturated heterocycles. The number of benzene rings is 1. The molecule has 0 aliphatic rings. The molecule has 0 unspecified atom stereocenters. The predicted molar refractivity (Wildman–Crippen MR) is 102 cm³/mol. The van der Waals surface area contributed by atoms with Crippen molar-refractivity contribution in [2.24, 2.45) is 0 Å². The second-order valence-electron chi connectivity index (χ2n) is 6.29. The molecule has 1 aromatic carbocycles. The van der Waals surface area contributed by atoms with Gasteiger partial charge in [-0.3, -0.25) is 14.3 Å². The summed E-state index contributed by atoms with van der Waals surface area (Å²) in [6.45, 7) is 6.60. The molecule has 0 saturated carbocycles. The third-order valence-corrected chi connectivity index (χ3v) is 4.75. The zero-order valence-electron chi connectivity index (χ0n) is 15.7. The Hall–Kier alpha value is -2.80. The normalized spacial score (nSPS) is 12.6. The predicted octanol–water partition coefficient (Wildman–Crippen LogP) is 2.78. The number of amides is 1. The Morgan fingerprint density at radius 1 is 1.19 bits per heavy atom. The summed E-state index contributed by atoms with van der Waals surface area (Å²) >= 11 is 0. The molecule has 144 valence electrons. The van der Waals surface area contributed by atoms with E-state index in [0.29, 0.717) is 17.6 Å². The van der Waals surface area contributed by atoms with Crippen LogP contribution in [0.4, 0.5) is 0 Å². The first kappa shape index (κ1) is 19.0. The molecule has 3 rings (SSSR count). The second-order valence-corrected chi connectivity index (χ2v) is 6.29. The van der Waals surface area contributed by atoms with Crippen LogP contribution < -0.4 is 11.1 Å². The molecule has 0 bridgehead atoms. The van der Waals surface area contributed by atoms with Crippen molar-refractivity contribution in [3.63, 3.8) is 0 Å². The van der Waals surface area contributed by atoms with Crippen LogP contribution in [0.3, 0.4) is 0 Å². The summed E-state index contributed by atoms with van der Waals surface area (Å²) in [6.07, 6.45) is 1.84. The average Bonchev–Trinajstić information content (AvgIpc) is 3.31. The van der Waals surface area contributed by atoms with Crippen molar-refractivity contribution in [2.45, 2.75) is 32.9 Å². The maximum absolute atomic E-state index is 12.4. The fourth-order valence-electron chi connectivity index (χ4n) is 3.29. The molecule has 0 spiro atoms. The van der Waals surface area contributed by atoms with Crippen molar-refractivity contribution >= 4 is 17.0 Å². The Morgan fingerprint density at radius 3 is 2.67 bits per heavy atom. The Morgan fingerprint density at radius 2 is 1.96 bits per heavy atom. The number of para-hydroxylation sites is 2. The molecule has 0 radical (unpaired) electrons. The molecule has 1 amide bonds. The molecular formula is C20H25N3O4. The summed E-state index contributed by atoms with van der Waals surface area (Å²) in [4.78, 5) is 26.6. The number of hydrogen-bond acceptors (Lipinski definition) is 5. The molecule has 27 heavy (non-hydrogen) atoms. The number of aromatic nitrogens is 1. The SMILES string of the molecule is CCN(CC)[C@H](CNC(=O)CCn1c(=O)oc2ccccc21)c1ccco1. The lowest BCUT2D eigenvalue weighted by molar-refractivity contribution is -0.121. The van der Waals surface area contributed by atoms with E-state index in [0.717, 1.165) is 18.8 Å². The third-order valence-electron chi connectivity index (χ3n) is 4.75. The fraction of sp³-hybridized carbons (Fsp3) is 0.400. The van der Waals surface area contributed by atoms with Crippen molar-refractivity contribution in [2.75, 3.05) is 19.6 Å². The minimum Gasteiger partial charge on any atom is -0.468 e. The fourth-order valence-corrected chi connectivity index (χ4v) is 3.29. The zero-order valence-corrected chi connectivity index (χ0v) is 15.7. The van der Waals surface area contributed by atoms with E-state index in [2.05, 4.69) is 24.1 Å². The lowest BCUT2D eigenvalue weighted by Gasteiger charge is -2.28. The van der Waals surface area contributed by atoms with E-state index in [-0.39, 0.29) is 24.9 Å². The van der Waals surface area contributed by atoms with Crippen LogP contribution in [-0.4, -0.2) is 35.0 Å². The van der Waals surface area contributed by atoms with Crippen LogP contribution in [0.5, 0.6) is 0 Å². The number of carbonyl (C=O) groups is 1. The van der Waals surface area contributed by atoms with Crippen molar-refractivity contribution in [1.82, 2.24) is 14.8 Å². The average molecular weight is 371 g/mol. The van der Waals surface area contributed by atoms with Gasteiger partial charge in [-0.2, -0.15) is 0 Å². The number of oxazole rings is 1. The van der Waals surface area contributed by atoms with Crippen molar-refractivity contribution < 1.29 is 13.6 Å². The van der Waals surface area contributed by atoms with E-state index < -0.39 is 5.76 Å². The van der Waals surface area contributed by atoms with E-state index in [1.807, 2.05) is 30.3 Å². The second kappa shape index (κ2) is 8.73. The van der Waals surface area contributed by atoms with Gasteiger partial charge < -0.3 is 14.2 Å². The van der Waals surface area contributed by atoms with Crippen LogP contribution >= 0.6 is 0 Å². The highest BCUT2D eigenvalue weighted by atomic mass is 16.4. The van der Waals surface area contributed by atoms with E-state index in [9.17, 15) is 9.59 Å². The number of hydrogen-bond donors (Lipinski definition) is 1. The summed E-state index contributed by atoms with van der Waals surface area (Å²) in [5.74, 6) is 0.271. The van der Waals surface area contributed by atoms with Gasteiger partial charge in [-0.05, 0) is 37.4 Å². The number of fused-ring (bicyclic) bond motifs is 1. The van der Waals surface area contributed by atoms with Crippen LogP contribution in [0.25, 0.3) is 11.1 Å². The van der Waals surface area contributed by atoms with Crippen LogP contribution in [0.2, 0.25) is 0 Å². The molecule has 0 fully saturated rings. The largest absolute Gasteiger partial charge is 0.468 e. The van der Waals surface area contributed by atoms with Gasteiger partial charge in [0.2, 0.25) is 5.91 Å². The smallest absolute Gasteiger partial charge is 0.419 e. The van der Waals surface area contributed by atoms with Gasteiger partial charge in [-0.25, -0.2) is 4.79 Å². The van der Waals surface area contributed by atoms with Gasteiger partial charge in [0.1, 0.15) is 5.76 Å². The lowest BCUT2D eigenvalue weighted by Crippen LogP contribution is -2.38. The van der Waals surface area contributed by atoms with E-state index in [4.69, 9.17) is 8.83 Å². The van der Waals surface area contributed by atoms with Gasteiger partial charge in [0, 0.05) is 19.5 Å². The highest BCUT2D eigenvalue weighted by Gasteiger charge is 2.21.